The molecule has 2 rings (SSSR count). The molecule has 0 atom stereocenters. The molecule has 0 aliphatic rings. The molecule has 0 saturated carbocycles. The normalized spacial score (nSPS) is 10.4. The van der Waals surface area contributed by atoms with Gasteiger partial charge >= 0.3 is 5.97 Å². The van der Waals surface area contributed by atoms with E-state index in [0.29, 0.717) is 42.5 Å². The van der Waals surface area contributed by atoms with E-state index in [1.807, 2.05) is 6.07 Å². The molecule has 0 heterocycles. The van der Waals surface area contributed by atoms with E-state index in [4.69, 9.17) is 26.2 Å². The van der Waals surface area contributed by atoms with Crippen molar-refractivity contribution in [2.45, 2.75) is 6.42 Å². The zero-order valence-electron chi connectivity index (χ0n) is 14.3. The molecule has 0 aliphatic carbocycles. The third-order valence-corrected chi connectivity index (χ3v) is 3.84. The summed E-state index contributed by atoms with van der Waals surface area (Å²) in [5.74, 6) is -0.862. The first-order chi connectivity index (χ1) is 12.5. The van der Waals surface area contributed by atoms with Gasteiger partial charge in [-0.2, -0.15) is 0 Å². The molecule has 0 bridgehead atoms. The number of nitrogens with one attached hydrogen (secondary N) is 1. The summed E-state index contributed by atoms with van der Waals surface area (Å²) >= 11 is 5.98. The second-order valence-electron chi connectivity index (χ2n) is 5.49. The molecule has 2 aromatic rings. The van der Waals surface area contributed by atoms with Crippen molar-refractivity contribution in [1.29, 1.82) is 0 Å². The van der Waals surface area contributed by atoms with Crippen molar-refractivity contribution in [3.63, 3.8) is 0 Å². The first-order valence-corrected chi connectivity index (χ1v) is 8.41. The molecule has 0 aliphatic heterocycles. The van der Waals surface area contributed by atoms with E-state index >= 15 is 0 Å². The quantitative estimate of drug-likeness (QED) is 0.656. The van der Waals surface area contributed by atoms with E-state index in [-0.39, 0.29) is 11.5 Å². The van der Waals surface area contributed by atoms with E-state index in [9.17, 15) is 9.59 Å². The Kier molecular flexibility index (Phi) is 7.44. The van der Waals surface area contributed by atoms with Gasteiger partial charge in [-0.05, 0) is 42.3 Å². The van der Waals surface area contributed by atoms with Gasteiger partial charge in [-0.15, -0.1) is 0 Å². The second kappa shape index (κ2) is 9.79. The van der Waals surface area contributed by atoms with Crippen molar-refractivity contribution in [2.75, 3.05) is 26.9 Å². The lowest BCUT2D eigenvalue weighted by molar-refractivity contribution is 0.0696. The van der Waals surface area contributed by atoms with Gasteiger partial charge < -0.3 is 19.9 Å². The monoisotopic (exact) mass is 377 g/mol. The molecule has 0 saturated heterocycles. The van der Waals surface area contributed by atoms with Crippen molar-refractivity contribution in [1.82, 2.24) is 5.32 Å². The molecular formula is C19H20ClNO5. The fraction of sp³-hybridized carbons (Fsp3) is 0.263. The Balaban J connectivity index is 1.98. The van der Waals surface area contributed by atoms with Crippen LogP contribution in [0.2, 0.25) is 5.02 Å². The third kappa shape index (κ3) is 5.75. The average molecular weight is 378 g/mol. The molecule has 26 heavy (non-hydrogen) atoms. The molecule has 6 nitrogen and oxygen atoms in total. The number of benzene rings is 2. The Morgan fingerprint density at radius 1 is 1.15 bits per heavy atom. The largest absolute Gasteiger partial charge is 0.490 e. The topological polar surface area (TPSA) is 84.9 Å². The first-order valence-electron chi connectivity index (χ1n) is 8.03. The summed E-state index contributed by atoms with van der Waals surface area (Å²) < 4.78 is 10.5. The van der Waals surface area contributed by atoms with E-state index in [2.05, 4.69) is 5.32 Å². The van der Waals surface area contributed by atoms with Gasteiger partial charge in [0.15, 0.2) is 0 Å². The molecule has 2 N–H and O–H groups in total. The van der Waals surface area contributed by atoms with E-state index in [0.717, 1.165) is 5.56 Å². The number of hydrogen-bond acceptors (Lipinski definition) is 4. The standard InChI is InChI=1S/C19H20ClNO5/c1-25-9-10-26-17-6-5-15(20)12-16(17)18(22)21-8-7-13-3-2-4-14(11-13)19(23)24/h2-6,11-12H,7-10H2,1H3,(H,21,22)(H,23,24). The van der Waals surface area contributed by atoms with Gasteiger partial charge in [-0.1, -0.05) is 23.7 Å². The van der Waals surface area contributed by atoms with Gasteiger partial charge in [-0.3, -0.25) is 4.79 Å². The van der Waals surface area contributed by atoms with Crippen molar-refractivity contribution >= 4 is 23.5 Å². The molecule has 0 spiro atoms. The predicted molar refractivity (Wildman–Crippen MR) is 98.3 cm³/mol. The van der Waals surface area contributed by atoms with Crippen LogP contribution < -0.4 is 10.1 Å². The fourth-order valence-corrected chi connectivity index (χ4v) is 2.49. The first kappa shape index (κ1) is 19.8. The van der Waals surface area contributed by atoms with Gasteiger partial charge in [0.2, 0.25) is 0 Å². The summed E-state index contributed by atoms with van der Waals surface area (Å²) in [6, 6.07) is 11.5. The number of rotatable bonds is 9. The molecule has 1 amide bonds. The highest BCUT2D eigenvalue weighted by atomic mass is 35.5. The average Bonchev–Trinajstić information content (AvgIpc) is 2.63. The number of halogens is 1. The molecule has 7 heteroatoms. The number of ether oxygens (including phenoxy) is 2. The van der Waals surface area contributed by atoms with Crippen molar-refractivity contribution in [3.05, 3.63) is 64.2 Å². The van der Waals surface area contributed by atoms with Crippen molar-refractivity contribution in [3.8, 4) is 5.75 Å². The lowest BCUT2D eigenvalue weighted by Crippen LogP contribution is -2.26. The summed E-state index contributed by atoms with van der Waals surface area (Å²) in [4.78, 5) is 23.4. The van der Waals surface area contributed by atoms with Crippen LogP contribution in [0.4, 0.5) is 0 Å². The Bertz CT molecular complexity index is 778. The predicted octanol–water partition coefficient (Wildman–Crippen LogP) is 3.04. The van der Waals surface area contributed by atoms with Gasteiger partial charge in [0.05, 0.1) is 17.7 Å². The van der Waals surface area contributed by atoms with Crippen LogP contribution in [0.25, 0.3) is 0 Å². The minimum atomic E-state index is -0.979. The molecule has 138 valence electrons. The van der Waals surface area contributed by atoms with Crippen molar-refractivity contribution in [2.24, 2.45) is 0 Å². The number of aromatic carboxylic acids is 1. The molecule has 0 unspecified atom stereocenters. The number of hydrogen-bond donors (Lipinski definition) is 2. The molecule has 0 radical (unpaired) electrons. The van der Waals surface area contributed by atoms with Crippen LogP contribution in [0.15, 0.2) is 42.5 Å². The molecule has 2 aromatic carbocycles. The van der Waals surface area contributed by atoms with E-state index in [1.165, 1.54) is 6.07 Å². The zero-order chi connectivity index (χ0) is 18.9. The Labute approximate surface area is 156 Å². The second-order valence-corrected chi connectivity index (χ2v) is 5.93. The summed E-state index contributed by atoms with van der Waals surface area (Å²) in [7, 11) is 1.57. The van der Waals surface area contributed by atoms with Crippen LogP contribution in [0.1, 0.15) is 26.3 Å². The Hall–Kier alpha value is -2.57. The highest BCUT2D eigenvalue weighted by molar-refractivity contribution is 6.31. The number of carboxylic acid groups (broad SMARTS) is 1. The van der Waals surface area contributed by atoms with Crippen LogP contribution in [0.5, 0.6) is 5.75 Å². The fourth-order valence-electron chi connectivity index (χ4n) is 2.32. The molecule has 0 fully saturated rings. The van der Waals surface area contributed by atoms with Crippen LogP contribution in [0.3, 0.4) is 0 Å². The van der Waals surface area contributed by atoms with Gasteiger partial charge in [0.1, 0.15) is 12.4 Å². The number of amides is 1. The summed E-state index contributed by atoms with van der Waals surface area (Å²) in [5.41, 5.74) is 1.39. The molecule has 0 aromatic heterocycles. The lowest BCUT2D eigenvalue weighted by Gasteiger charge is -2.12. The number of methoxy groups -OCH3 is 1. The SMILES string of the molecule is COCCOc1ccc(Cl)cc1C(=O)NCCc1cccc(C(=O)O)c1. The Morgan fingerprint density at radius 2 is 1.96 bits per heavy atom. The minimum absolute atomic E-state index is 0.220. The lowest BCUT2D eigenvalue weighted by atomic mass is 10.1. The minimum Gasteiger partial charge on any atom is -0.490 e. The maximum Gasteiger partial charge on any atom is 0.335 e. The summed E-state index contributed by atoms with van der Waals surface area (Å²) in [6.45, 7) is 1.08. The summed E-state index contributed by atoms with van der Waals surface area (Å²) in [5, 5.41) is 12.2. The zero-order valence-corrected chi connectivity index (χ0v) is 15.1. The highest BCUT2D eigenvalue weighted by Crippen LogP contribution is 2.23. The smallest absolute Gasteiger partial charge is 0.335 e. The third-order valence-electron chi connectivity index (χ3n) is 3.60. The van der Waals surface area contributed by atoms with Crippen LogP contribution in [-0.2, 0) is 11.2 Å². The maximum atomic E-state index is 12.4. The van der Waals surface area contributed by atoms with Crippen molar-refractivity contribution < 1.29 is 24.2 Å². The van der Waals surface area contributed by atoms with Crippen LogP contribution >= 0.6 is 11.6 Å². The van der Waals surface area contributed by atoms with E-state index in [1.54, 1.807) is 37.4 Å². The maximum absolute atomic E-state index is 12.4. The van der Waals surface area contributed by atoms with Crippen LogP contribution in [-0.4, -0.2) is 43.9 Å². The van der Waals surface area contributed by atoms with Gasteiger partial charge in [-0.25, -0.2) is 4.79 Å². The van der Waals surface area contributed by atoms with Gasteiger partial charge in [0.25, 0.3) is 5.91 Å². The van der Waals surface area contributed by atoms with E-state index < -0.39 is 5.97 Å². The van der Waals surface area contributed by atoms with Gasteiger partial charge in [0, 0.05) is 18.7 Å². The number of carbonyl (C=O) groups excluding carboxylic acids is 1. The summed E-state index contributed by atoms with van der Waals surface area (Å²) in [6.07, 6.45) is 0.507. The molecular weight excluding hydrogens is 358 g/mol. The number of carbonyl (C=O) groups is 2. The number of carboxylic acids is 1. The van der Waals surface area contributed by atoms with Crippen LogP contribution in [0, 0.1) is 0 Å². The highest BCUT2D eigenvalue weighted by Gasteiger charge is 2.13. The Morgan fingerprint density at radius 3 is 2.69 bits per heavy atom.